The number of anilines is 1. The molecule has 0 unspecified atom stereocenters. The number of hydrogen-bond acceptors (Lipinski definition) is 4. The molecule has 1 heterocycles. The number of hydrazine groups is 1. The number of benzene rings is 3. The molecule has 0 aromatic heterocycles. The lowest BCUT2D eigenvalue weighted by molar-refractivity contribution is -0.117. The summed E-state index contributed by atoms with van der Waals surface area (Å²) >= 11 is 3.49. The molecule has 3 aromatic rings. The quantitative estimate of drug-likeness (QED) is 0.357. The minimum Gasteiger partial charge on any atom is -0.490 e. The standard InChI is InChI=1S/C25H20BrFN2O4/c1-2-32-22-14-17(13-21(26)23(22)33-15-16-8-10-18(27)11-9-16)12-20-24(30)28-29(25(20)31)19-6-4-3-5-7-19/h3-14H,2,15H2,1H3,(H,28,30)/b20-12+. The molecule has 0 saturated carbocycles. The fraction of sp³-hybridized carbons (Fsp3) is 0.120. The van der Waals surface area contributed by atoms with Crippen LogP contribution in [-0.4, -0.2) is 18.4 Å². The Balaban J connectivity index is 1.60. The van der Waals surface area contributed by atoms with Crippen LogP contribution in [0.1, 0.15) is 18.1 Å². The van der Waals surface area contributed by atoms with E-state index < -0.39 is 11.8 Å². The molecule has 1 saturated heterocycles. The molecular weight excluding hydrogens is 491 g/mol. The first-order valence-corrected chi connectivity index (χ1v) is 11.0. The van der Waals surface area contributed by atoms with Crippen molar-refractivity contribution in [1.82, 2.24) is 5.43 Å². The van der Waals surface area contributed by atoms with E-state index in [1.54, 1.807) is 48.5 Å². The predicted octanol–water partition coefficient (Wildman–Crippen LogP) is 5.03. The normalized spacial score (nSPS) is 14.5. The minimum atomic E-state index is -0.491. The first-order valence-electron chi connectivity index (χ1n) is 10.2. The largest absolute Gasteiger partial charge is 0.490 e. The molecule has 33 heavy (non-hydrogen) atoms. The maximum Gasteiger partial charge on any atom is 0.282 e. The van der Waals surface area contributed by atoms with Crippen molar-refractivity contribution < 1.29 is 23.5 Å². The number of rotatable bonds is 7. The Kier molecular flexibility index (Phi) is 6.74. The van der Waals surface area contributed by atoms with Crippen LogP contribution in [0.4, 0.5) is 10.1 Å². The van der Waals surface area contributed by atoms with Crippen LogP contribution in [0.2, 0.25) is 0 Å². The molecule has 2 amide bonds. The maximum absolute atomic E-state index is 13.1. The summed E-state index contributed by atoms with van der Waals surface area (Å²) in [6.07, 6.45) is 1.51. The van der Waals surface area contributed by atoms with Gasteiger partial charge in [0.2, 0.25) is 0 Å². The predicted molar refractivity (Wildman–Crippen MR) is 126 cm³/mol. The Hall–Kier alpha value is -3.65. The van der Waals surface area contributed by atoms with Gasteiger partial charge in [-0.3, -0.25) is 15.0 Å². The molecule has 1 aliphatic heterocycles. The SMILES string of the molecule is CCOc1cc(/C=C2\C(=O)NN(c3ccccc3)C2=O)cc(Br)c1OCc1ccc(F)cc1. The van der Waals surface area contributed by atoms with Gasteiger partial charge in [0.15, 0.2) is 11.5 Å². The molecule has 0 aliphatic carbocycles. The summed E-state index contributed by atoms with van der Waals surface area (Å²) in [7, 11) is 0. The lowest BCUT2D eigenvalue weighted by atomic mass is 10.1. The zero-order valence-electron chi connectivity index (χ0n) is 17.7. The molecule has 8 heteroatoms. The summed E-state index contributed by atoms with van der Waals surface area (Å²) in [5, 5.41) is 1.22. The highest BCUT2D eigenvalue weighted by molar-refractivity contribution is 9.10. The number of carbonyl (C=O) groups is 2. The molecule has 1 fully saturated rings. The molecule has 1 N–H and O–H groups in total. The van der Waals surface area contributed by atoms with E-state index in [1.807, 2.05) is 13.0 Å². The van der Waals surface area contributed by atoms with E-state index in [0.29, 0.717) is 33.8 Å². The highest BCUT2D eigenvalue weighted by atomic mass is 79.9. The van der Waals surface area contributed by atoms with E-state index in [4.69, 9.17) is 9.47 Å². The molecular formula is C25H20BrFN2O4. The second-order valence-electron chi connectivity index (χ2n) is 7.15. The van der Waals surface area contributed by atoms with Crippen molar-refractivity contribution in [3.63, 3.8) is 0 Å². The van der Waals surface area contributed by atoms with Gasteiger partial charge in [-0.1, -0.05) is 30.3 Å². The number of nitrogens with one attached hydrogen (secondary N) is 1. The number of para-hydroxylation sites is 1. The van der Waals surface area contributed by atoms with Crippen LogP contribution in [-0.2, 0) is 16.2 Å². The number of amides is 2. The summed E-state index contributed by atoms with van der Waals surface area (Å²) in [6.45, 7) is 2.45. The Labute approximate surface area is 198 Å². The van der Waals surface area contributed by atoms with Gasteiger partial charge < -0.3 is 9.47 Å². The summed E-state index contributed by atoms with van der Waals surface area (Å²) in [5.41, 5.74) is 4.55. The summed E-state index contributed by atoms with van der Waals surface area (Å²) in [6, 6.07) is 18.3. The van der Waals surface area contributed by atoms with Gasteiger partial charge in [-0.15, -0.1) is 0 Å². The number of halogens is 2. The van der Waals surface area contributed by atoms with E-state index in [2.05, 4.69) is 21.4 Å². The van der Waals surface area contributed by atoms with Crippen molar-refractivity contribution in [3.05, 3.63) is 93.7 Å². The fourth-order valence-electron chi connectivity index (χ4n) is 3.29. The first kappa shape index (κ1) is 22.5. The van der Waals surface area contributed by atoms with Crippen LogP contribution in [0.15, 0.2) is 76.8 Å². The van der Waals surface area contributed by atoms with Gasteiger partial charge in [-0.2, -0.15) is 0 Å². The minimum absolute atomic E-state index is 0.00758. The lowest BCUT2D eigenvalue weighted by Gasteiger charge is -2.15. The van der Waals surface area contributed by atoms with Crippen molar-refractivity contribution in [2.75, 3.05) is 11.6 Å². The van der Waals surface area contributed by atoms with Crippen LogP contribution >= 0.6 is 15.9 Å². The van der Waals surface area contributed by atoms with E-state index in [0.717, 1.165) is 5.56 Å². The van der Waals surface area contributed by atoms with E-state index in [1.165, 1.54) is 23.2 Å². The number of carbonyl (C=O) groups excluding carboxylic acids is 2. The third kappa shape index (κ3) is 5.06. The monoisotopic (exact) mass is 510 g/mol. The van der Waals surface area contributed by atoms with Crippen molar-refractivity contribution in [2.45, 2.75) is 13.5 Å². The molecule has 6 nitrogen and oxygen atoms in total. The number of nitrogens with zero attached hydrogens (tertiary/aromatic N) is 1. The van der Waals surface area contributed by atoms with Crippen LogP contribution < -0.4 is 19.9 Å². The van der Waals surface area contributed by atoms with Crippen LogP contribution in [0.25, 0.3) is 6.08 Å². The van der Waals surface area contributed by atoms with Gasteiger partial charge in [0.1, 0.15) is 18.0 Å². The second kappa shape index (κ2) is 9.87. The Morgan fingerprint density at radius 1 is 1.03 bits per heavy atom. The summed E-state index contributed by atoms with van der Waals surface area (Å²) in [4.78, 5) is 25.3. The fourth-order valence-corrected chi connectivity index (χ4v) is 3.87. The summed E-state index contributed by atoms with van der Waals surface area (Å²) in [5.74, 6) is -0.335. The topological polar surface area (TPSA) is 67.9 Å². The zero-order chi connectivity index (χ0) is 23.4. The van der Waals surface area contributed by atoms with Crippen LogP contribution in [0, 0.1) is 5.82 Å². The van der Waals surface area contributed by atoms with Gasteiger partial charge >= 0.3 is 0 Å². The van der Waals surface area contributed by atoms with Gasteiger partial charge in [0, 0.05) is 0 Å². The zero-order valence-corrected chi connectivity index (χ0v) is 19.3. The van der Waals surface area contributed by atoms with Gasteiger partial charge in [0.05, 0.1) is 16.8 Å². The molecule has 4 rings (SSSR count). The lowest BCUT2D eigenvalue weighted by Crippen LogP contribution is -2.35. The Morgan fingerprint density at radius 3 is 2.45 bits per heavy atom. The first-order chi connectivity index (χ1) is 16.0. The smallest absolute Gasteiger partial charge is 0.282 e. The Bertz CT molecular complexity index is 1210. The number of ether oxygens (including phenoxy) is 2. The molecule has 0 radical (unpaired) electrons. The van der Waals surface area contributed by atoms with E-state index in [-0.39, 0.29) is 18.0 Å². The average molecular weight is 511 g/mol. The molecule has 1 aliphatic rings. The third-order valence-corrected chi connectivity index (χ3v) is 5.43. The van der Waals surface area contributed by atoms with Gasteiger partial charge in [0.25, 0.3) is 11.8 Å². The van der Waals surface area contributed by atoms with E-state index in [9.17, 15) is 14.0 Å². The molecule has 168 valence electrons. The van der Waals surface area contributed by atoms with E-state index >= 15 is 0 Å². The van der Waals surface area contributed by atoms with Crippen molar-refractivity contribution >= 4 is 39.5 Å². The third-order valence-electron chi connectivity index (χ3n) is 4.84. The van der Waals surface area contributed by atoms with Crippen molar-refractivity contribution in [2.24, 2.45) is 0 Å². The van der Waals surface area contributed by atoms with Crippen LogP contribution in [0.3, 0.4) is 0 Å². The maximum atomic E-state index is 13.1. The number of hydrogen-bond donors (Lipinski definition) is 1. The van der Waals surface area contributed by atoms with Crippen molar-refractivity contribution in [3.8, 4) is 11.5 Å². The second-order valence-corrected chi connectivity index (χ2v) is 8.01. The summed E-state index contributed by atoms with van der Waals surface area (Å²) < 4.78 is 25.4. The van der Waals surface area contributed by atoms with Crippen molar-refractivity contribution in [1.29, 1.82) is 0 Å². The highest BCUT2D eigenvalue weighted by Gasteiger charge is 2.34. The molecule has 0 spiro atoms. The van der Waals surface area contributed by atoms with Gasteiger partial charge in [-0.05, 0) is 76.5 Å². The van der Waals surface area contributed by atoms with Crippen LogP contribution in [0.5, 0.6) is 11.5 Å². The Morgan fingerprint density at radius 2 is 1.76 bits per heavy atom. The molecule has 0 bridgehead atoms. The average Bonchev–Trinajstić information content (AvgIpc) is 3.09. The highest BCUT2D eigenvalue weighted by Crippen LogP contribution is 2.38. The van der Waals surface area contributed by atoms with Gasteiger partial charge in [-0.25, -0.2) is 9.40 Å². The molecule has 0 atom stereocenters. The molecule has 3 aromatic carbocycles.